The fourth-order valence-electron chi connectivity index (χ4n) is 2.02. The minimum Gasteiger partial charge on any atom is -0.468 e. The zero-order valence-electron chi connectivity index (χ0n) is 12.0. The summed E-state index contributed by atoms with van der Waals surface area (Å²) in [6, 6.07) is 10.8. The summed E-state index contributed by atoms with van der Waals surface area (Å²) in [5.74, 6) is -0.784. The monoisotopic (exact) mass is 366 g/mol. The summed E-state index contributed by atoms with van der Waals surface area (Å²) < 4.78 is 7.87. The minimum absolute atomic E-state index is 0.00216. The van der Waals surface area contributed by atoms with Gasteiger partial charge in [-0.05, 0) is 24.3 Å². The molecule has 0 bridgehead atoms. The smallest absolute Gasteiger partial charge is 0.325 e. The number of amides is 1. The number of thiophene rings is 1. The van der Waals surface area contributed by atoms with Crippen molar-refractivity contribution < 1.29 is 14.3 Å². The van der Waals surface area contributed by atoms with E-state index in [1.54, 1.807) is 16.7 Å². The highest BCUT2D eigenvalue weighted by atomic mass is 35.5. The highest BCUT2D eigenvalue weighted by molar-refractivity contribution is 7.18. The fourth-order valence-corrected chi connectivity index (χ4v) is 3.98. The van der Waals surface area contributed by atoms with Crippen LogP contribution in [0.1, 0.15) is 9.67 Å². The normalized spacial score (nSPS) is 11.8. The van der Waals surface area contributed by atoms with E-state index < -0.39 is 5.97 Å². The predicted molar refractivity (Wildman–Crippen MR) is 91.1 cm³/mol. The number of carbonyl (C=O) groups excluding carboxylic acids is 2. The molecule has 0 unspecified atom stereocenters. The quantitative estimate of drug-likeness (QED) is 0.668. The van der Waals surface area contributed by atoms with Crippen molar-refractivity contribution in [1.29, 1.82) is 0 Å². The van der Waals surface area contributed by atoms with E-state index in [9.17, 15) is 9.59 Å². The number of halogens is 1. The van der Waals surface area contributed by atoms with Crippen molar-refractivity contribution in [3.05, 3.63) is 50.4 Å². The van der Waals surface area contributed by atoms with E-state index >= 15 is 0 Å². The van der Waals surface area contributed by atoms with Gasteiger partial charge in [0, 0.05) is 0 Å². The summed E-state index contributed by atoms with van der Waals surface area (Å²) in [7, 11) is 1.33. The molecule has 0 atom stereocenters. The number of ether oxygens (including phenoxy) is 1. The first-order valence-electron chi connectivity index (χ1n) is 6.58. The predicted octanol–water partition coefficient (Wildman–Crippen LogP) is 3.33. The number of hydrogen-bond acceptors (Lipinski definition) is 5. The molecule has 23 heavy (non-hydrogen) atoms. The van der Waals surface area contributed by atoms with Crippen molar-refractivity contribution in [3.63, 3.8) is 0 Å². The lowest BCUT2D eigenvalue weighted by Gasteiger charge is -2.03. The largest absolute Gasteiger partial charge is 0.468 e. The molecular formula is C15H11ClN2O3S2. The Morgan fingerprint density at radius 3 is 2.70 bits per heavy atom. The molecule has 0 saturated heterocycles. The molecule has 2 aromatic heterocycles. The summed E-state index contributed by atoms with van der Waals surface area (Å²) in [6.07, 6.45) is 0. The average Bonchev–Trinajstić information content (AvgIpc) is 3.12. The summed E-state index contributed by atoms with van der Waals surface area (Å²) >= 11 is 8.37. The second-order valence-electron chi connectivity index (χ2n) is 4.54. The van der Waals surface area contributed by atoms with Crippen molar-refractivity contribution in [2.24, 2.45) is 4.99 Å². The van der Waals surface area contributed by atoms with Crippen LogP contribution in [0.5, 0.6) is 0 Å². The maximum absolute atomic E-state index is 12.3. The van der Waals surface area contributed by atoms with Crippen LogP contribution in [0, 0.1) is 0 Å². The van der Waals surface area contributed by atoms with Crippen LogP contribution in [-0.4, -0.2) is 23.6 Å². The van der Waals surface area contributed by atoms with Crippen LogP contribution in [0.3, 0.4) is 0 Å². The van der Waals surface area contributed by atoms with Gasteiger partial charge >= 0.3 is 5.97 Å². The summed E-state index contributed by atoms with van der Waals surface area (Å²) in [4.78, 5) is 29.0. The van der Waals surface area contributed by atoms with Crippen LogP contribution in [0.2, 0.25) is 4.34 Å². The number of nitrogens with zero attached hydrogens (tertiary/aromatic N) is 2. The highest BCUT2D eigenvalue weighted by Gasteiger charge is 2.13. The van der Waals surface area contributed by atoms with Gasteiger partial charge in [0.2, 0.25) is 0 Å². The molecule has 0 saturated carbocycles. The summed E-state index contributed by atoms with van der Waals surface area (Å²) in [5.41, 5.74) is 0.832. The average molecular weight is 367 g/mol. The topological polar surface area (TPSA) is 60.7 Å². The van der Waals surface area contributed by atoms with Crippen molar-refractivity contribution in [2.75, 3.05) is 7.11 Å². The highest BCUT2D eigenvalue weighted by Crippen LogP contribution is 2.22. The van der Waals surface area contributed by atoms with E-state index in [4.69, 9.17) is 16.3 Å². The number of esters is 1. The first-order valence-corrected chi connectivity index (χ1v) is 8.59. The third kappa shape index (κ3) is 3.36. The Hall–Kier alpha value is -1.96. The van der Waals surface area contributed by atoms with Gasteiger partial charge < -0.3 is 9.30 Å². The van der Waals surface area contributed by atoms with Crippen molar-refractivity contribution in [1.82, 2.24) is 4.57 Å². The molecule has 0 radical (unpaired) electrons. The lowest BCUT2D eigenvalue weighted by Crippen LogP contribution is -2.22. The van der Waals surface area contributed by atoms with Gasteiger partial charge in [0.25, 0.3) is 5.91 Å². The van der Waals surface area contributed by atoms with Gasteiger partial charge in [-0.25, -0.2) is 0 Å². The maximum atomic E-state index is 12.3. The van der Waals surface area contributed by atoms with Crippen LogP contribution in [0.15, 0.2) is 41.4 Å². The van der Waals surface area contributed by atoms with Gasteiger partial charge in [-0.1, -0.05) is 35.1 Å². The molecular weight excluding hydrogens is 356 g/mol. The van der Waals surface area contributed by atoms with E-state index in [1.165, 1.54) is 29.8 Å². The Bertz CT molecular complexity index is 955. The number of para-hydroxylation sites is 1. The molecule has 8 heteroatoms. The Kier molecular flexibility index (Phi) is 4.61. The van der Waals surface area contributed by atoms with Crippen molar-refractivity contribution >= 4 is 56.4 Å². The summed E-state index contributed by atoms with van der Waals surface area (Å²) in [5, 5.41) is 0. The minimum atomic E-state index is -0.401. The fraction of sp³-hybridized carbons (Fsp3) is 0.133. The van der Waals surface area contributed by atoms with Crippen LogP contribution in [0.4, 0.5) is 0 Å². The Morgan fingerprint density at radius 1 is 1.22 bits per heavy atom. The van der Waals surface area contributed by atoms with Crippen LogP contribution in [-0.2, 0) is 16.1 Å². The van der Waals surface area contributed by atoms with E-state index in [1.807, 2.05) is 24.3 Å². The second kappa shape index (κ2) is 6.66. The van der Waals surface area contributed by atoms with Gasteiger partial charge in [0.15, 0.2) is 4.80 Å². The standard InChI is InChI=1S/C15H11ClN2O3S2/c1-21-13(19)8-18-9-4-2-3-5-10(9)23-15(18)17-14(20)11-6-7-12(16)22-11/h2-7H,8H2,1H3. The number of benzene rings is 1. The van der Waals surface area contributed by atoms with Gasteiger partial charge in [-0.3, -0.25) is 9.59 Å². The molecule has 3 rings (SSSR count). The Labute approximate surface area is 144 Å². The van der Waals surface area contributed by atoms with Gasteiger partial charge in [0.1, 0.15) is 6.54 Å². The number of aromatic nitrogens is 1. The first kappa shape index (κ1) is 15.9. The number of thiazole rings is 1. The number of rotatable bonds is 3. The molecule has 0 fully saturated rings. The Balaban J connectivity index is 2.12. The molecule has 1 amide bonds. The third-order valence-electron chi connectivity index (χ3n) is 3.08. The molecule has 5 nitrogen and oxygen atoms in total. The lowest BCUT2D eigenvalue weighted by molar-refractivity contribution is -0.141. The molecule has 1 aromatic carbocycles. The lowest BCUT2D eigenvalue weighted by atomic mass is 10.3. The SMILES string of the molecule is COC(=O)Cn1c(=NC(=O)c2ccc(Cl)s2)sc2ccccc21. The number of fused-ring (bicyclic) bond motifs is 1. The number of hydrogen-bond donors (Lipinski definition) is 0. The number of carbonyl (C=O) groups is 2. The van der Waals surface area contributed by atoms with E-state index in [2.05, 4.69) is 4.99 Å². The van der Waals surface area contributed by atoms with Crippen molar-refractivity contribution in [2.45, 2.75) is 6.54 Å². The molecule has 2 heterocycles. The van der Waals surface area contributed by atoms with Gasteiger partial charge in [0.05, 0.1) is 26.5 Å². The van der Waals surface area contributed by atoms with Crippen molar-refractivity contribution in [3.8, 4) is 0 Å². The molecule has 0 N–H and O–H groups in total. The summed E-state index contributed by atoms with van der Waals surface area (Å²) in [6.45, 7) is -0.00216. The van der Waals surface area contributed by atoms with Gasteiger partial charge in [-0.2, -0.15) is 4.99 Å². The molecule has 0 aliphatic heterocycles. The third-order valence-corrected chi connectivity index (χ3v) is 5.36. The molecule has 0 aliphatic carbocycles. The molecule has 3 aromatic rings. The zero-order chi connectivity index (χ0) is 16.4. The number of methoxy groups -OCH3 is 1. The van der Waals surface area contributed by atoms with Crippen LogP contribution < -0.4 is 4.80 Å². The van der Waals surface area contributed by atoms with E-state index in [0.29, 0.717) is 14.0 Å². The Morgan fingerprint density at radius 2 is 2.00 bits per heavy atom. The molecule has 118 valence electrons. The zero-order valence-corrected chi connectivity index (χ0v) is 14.4. The van der Waals surface area contributed by atoms with Crippen LogP contribution in [0.25, 0.3) is 10.2 Å². The van der Waals surface area contributed by atoms with E-state index in [-0.39, 0.29) is 12.5 Å². The molecule has 0 aliphatic rings. The van der Waals surface area contributed by atoms with Gasteiger partial charge in [-0.15, -0.1) is 11.3 Å². The first-order chi connectivity index (χ1) is 11.1. The van der Waals surface area contributed by atoms with E-state index in [0.717, 1.165) is 10.2 Å². The second-order valence-corrected chi connectivity index (χ2v) is 7.26. The molecule has 0 spiro atoms. The maximum Gasteiger partial charge on any atom is 0.325 e. The van der Waals surface area contributed by atoms with Crippen LogP contribution >= 0.6 is 34.3 Å².